The predicted octanol–water partition coefficient (Wildman–Crippen LogP) is 17.4. The van der Waals surface area contributed by atoms with Gasteiger partial charge in [0.2, 0.25) is 0 Å². The summed E-state index contributed by atoms with van der Waals surface area (Å²) in [6.07, 6.45) is 0. The molecule has 0 N–H and O–H groups in total. The lowest BCUT2D eigenvalue weighted by Gasteiger charge is -2.16. The second kappa shape index (κ2) is 15.4. The van der Waals surface area contributed by atoms with Gasteiger partial charge in [-0.25, -0.2) is 15.0 Å². The standard InChI is InChI=1S/C65H38N4O2/c1-3-14-40(15-4-1)62-53-35-34-51-46-18-7-10-23-56(46)69(44-16-5-2-6-17-44)64(51)61(53)52-22-13-21-45(63(52)68-62)39-26-28-41(29-27-39)65-66-54(42-30-32-49-47-19-8-11-24-57(47)70-59(49)36-42)38-55(67-65)43-31-33-50-48-20-9-12-25-58(48)71-60(50)37-43/h1-38H. The molecule has 0 atom stereocenters. The van der Waals surface area contributed by atoms with Crippen LogP contribution in [-0.2, 0) is 0 Å². The third-order valence-corrected chi connectivity index (χ3v) is 14.2. The number of rotatable bonds is 6. The lowest BCUT2D eigenvalue weighted by atomic mass is 9.94. The number of hydrogen-bond acceptors (Lipinski definition) is 5. The Bertz CT molecular complexity index is 4490. The van der Waals surface area contributed by atoms with Gasteiger partial charge in [-0.1, -0.05) is 170 Å². The van der Waals surface area contributed by atoms with E-state index in [1.807, 2.05) is 36.4 Å². The third-order valence-electron chi connectivity index (χ3n) is 14.2. The highest BCUT2D eigenvalue weighted by molar-refractivity contribution is 6.28. The average molecular weight is 907 g/mol. The molecule has 0 bridgehead atoms. The Balaban J connectivity index is 0.916. The van der Waals surface area contributed by atoms with Crippen LogP contribution in [0.25, 0.3) is 149 Å². The van der Waals surface area contributed by atoms with E-state index in [9.17, 15) is 0 Å². The quantitative estimate of drug-likeness (QED) is 0.155. The van der Waals surface area contributed by atoms with Crippen molar-refractivity contribution >= 4 is 87.4 Å². The number of benzene rings is 10. The van der Waals surface area contributed by atoms with Crippen LogP contribution in [0.15, 0.2) is 239 Å². The summed E-state index contributed by atoms with van der Waals surface area (Å²) in [5.74, 6) is 0.614. The molecule has 6 heteroatoms. The molecule has 0 unspecified atom stereocenters. The molecule has 10 aromatic carbocycles. The van der Waals surface area contributed by atoms with E-state index in [2.05, 4.69) is 199 Å². The summed E-state index contributed by atoms with van der Waals surface area (Å²) in [5.41, 5.74) is 16.2. The topological polar surface area (TPSA) is 69.9 Å². The van der Waals surface area contributed by atoms with E-state index in [1.54, 1.807) is 0 Å². The van der Waals surface area contributed by atoms with Crippen molar-refractivity contribution < 1.29 is 8.83 Å². The van der Waals surface area contributed by atoms with E-state index in [-0.39, 0.29) is 0 Å². The van der Waals surface area contributed by atoms with E-state index < -0.39 is 0 Å². The van der Waals surface area contributed by atoms with Gasteiger partial charge in [0, 0.05) is 82.0 Å². The molecular weight excluding hydrogens is 869 g/mol. The van der Waals surface area contributed by atoms with Gasteiger partial charge in [0.05, 0.1) is 33.6 Å². The van der Waals surface area contributed by atoms with Crippen molar-refractivity contribution in [2.24, 2.45) is 0 Å². The van der Waals surface area contributed by atoms with E-state index in [4.69, 9.17) is 23.8 Å². The molecule has 0 amide bonds. The summed E-state index contributed by atoms with van der Waals surface area (Å²) >= 11 is 0. The van der Waals surface area contributed by atoms with Crippen LogP contribution >= 0.6 is 0 Å². The Hall–Kier alpha value is -9.65. The molecule has 0 aliphatic rings. The van der Waals surface area contributed by atoms with Gasteiger partial charge in [-0.3, -0.25) is 0 Å². The Morgan fingerprint density at radius 2 is 0.845 bits per heavy atom. The number of hydrogen-bond donors (Lipinski definition) is 0. The van der Waals surface area contributed by atoms with E-state index in [0.29, 0.717) is 5.82 Å². The molecule has 0 spiro atoms. The fraction of sp³-hybridized carbons (Fsp3) is 0. The molecule has 6 nitrogen and oxygen atoms in total. The molecule has 0 radical (unpaired) electrons. The first kappa shape index (κ1) is 39.4. The number of nitrogens with zero attached hydrogens (tertiary/aromatic N) is 4. The Morgan fingerprint density at radius 1 is 0.324 bits per heavy atom. The minimum atomic E-state index is 0.614. The van der Waals surface area contributed by atoms with Gasteiger partial charge in [0.25, 0.3) is 0 Å². The number of para-hydroxylation sites is 5. The molecule has 330 valence electrons. The van der Waals surface area contributed by atoms with Crippen LogP contribution in [0.3, 0.4) is 0 Å². The summed E-state index contributed by atoms with van der Waals surface area (Å²) in [4.78, 5) is 16.2. The fourth-order valence-electron chi connectivity index (χ4n) is 10.9. The first-order chi connectivity index (χ1) is 35.2. The highest BCUT2D eigenvalue weighted by atomic mass is 16.3. The molecule has 15 aromatic rings. The monoisotopic (exact) mass is 906 g/mol. The molecule has 0 saturated carbocycles. The first-order valence-electron chi connectivity index (χ1n) is 23.9. The largest absolute Gasteiger partial charge is 0.456 e. The molecular formula is C65H38N4O2. The SMILES string of the molecule is c1ccc(-c2nc3c(-c4ccc(-c5nc(-c6ccc7c(c6)oc6ccccc67)cc(-c6ccc7c(c6)oc6ccccc67)n5)cc4)cccc3c3c2ccc2c4ccccc4n(-c4ccccc4)c23)cc1. The second-order valence-electron chi connectivity index (χ2n) is 18.3. The molecule has 0 saturated heterocycles. The molecule has 5 heterocycles. The molecule has 0 aliphatic carbocycles. The summed E-state index contributed by atoms with van der Waals surface area (Å²) in [6.45, 7) is 0. The van der Waals surface area contributed by atoms with Gasteiger partial charge in [-0.05, 0) is 66.2 Å². The molecule has 0 aliphatic heterocycles. The van der Waals surface area contributed by atoms with Crippen molar-refractivity contribution in [3.63, 3.8) is 0 Å². The lowest BCUT2D eigenvalue weighted by Crippen LogP contribution is -1.97. The second-order valence-corrected chi connectivity index (χ2v) is 18.3. The maximum atomic E-state index is 6.36. The molecule has 5 aromatic heterocycles. The lowest BCUT2D eigenvalue weighted by molar-refractivity contribution is 0.668. The van der Waals surface area contributed by atoms with E-state index >= 15 is 0 Å². The highest BCUT2D eigenvalue weighted by Crippen LogP contribution is 2.44. The minimum absolute atomic E-state index is 0.614. The summed E-state index contributed by atoms with van der Waals surface area (Å²) < 4.78 is 15.1. The smallest absolute Gasteiger partial charge is 0.160 e. The van der Waals surface area contributed by atoms with E-state index in [0.717, 1.165) is 116 Å². The zero-order valence-electron chi connectivity index (χ0n) is 38.0. The van der Waals surface area contributed by atoms with Crippen LogP contribution in [0.4, 0.5) is 0 Å². The van der Waals surface area contributed by atoms with Crippen molar-refractivity contribution in [2.45, 2.75) is 0 Å². The van der Waals surface area contributed by atoms with Crippen molar-refractivity contribution in [2.75, 3.05) is 0 Å². The maximum Gasteiger partial charge on any atom is 0.160 e. The van der Waals surface area contributed by atoms with Crippen LogP contribution in [0.2, 0.25) is 0 Å². The third kappa shape index (κ3) is 6.18. The van der Waals surface area contributed by atoms with Gasteiger partial charge >= 0.3 is 0 Å². The number of furan rings is 2. The number of aromatic nitrogens is 4. The van der Waals surface area contributed by atoms with Crippen molar-refractivity contribution in [1.82, 2.24) is 19.5 Å². The van der Waals surface area contributed by atoms with Gasteiger partial charge in [0.1, 0.15) is 22.3 Å². The van der Waals surface area contributed by atoms with Crippen LogP contribution in [0.5, 0.6) is 0 Å². The first-order valence-corrected chi connectivity index (χ1v) is 23.9. The summed E-state index contributed by atoms with van der Waals surface area (Å²) in [5, 5.41) is 10.1. The van der Waals surface area contributed by atoms with Gasteiger partial charge in [-0.2, -0.15) is 0 Å². The van der Waals surface area contributed by atoms with Crippen molar-refractivity contribution in [3.05, 3.63) is 231 Å². The van der Waals surface area contributed by atoms with Gasteiger partial charge < -0.3 is 13.4 Å². The maximum absolute atomic E-state index is 6.36. The molecule has 15 rings (SSSR count). The number of pyridine rings is 1. The van der Waals surface area contributed by atoms with Crippen LogP contribution < -0.4 is 0 Å². The Kier molecular flexibility index (Phi) is 8.56. The average Bonchev–Trinajstić information content (AvgIpc) is 4.12. The fourth-order valence-corrected chi connectivity index (χ4v) is 10.9. The Morgan fingerprint density at radius 3 is 1.52 bits per heavy atom. The van der Waals surface area contributed by atoms with Crippen LogP contribution in [0, 0.1) is 0 Å². The Labute approximate surface area is 406 Å². The van der Waals surface area contributed by atoms with Gasteiger partial charge in [-0.15, -0.1) is 0 Å². The van der Waals surface area contributed by atoms with E-state index in [1.165, 1.54) is 27.2 Å². The van der Waals surface area contributed by atoms with Crippen LogP contribution in [0.1, 0.15) is 0 Å². The summed E-state index contributed by atoms with van der Waals surface area (Å²) in [7, 11) is 0. The minimum Gasteiger partial charge on any atom is -0.456 e. The zero-order valence-corrected chi connectivity index (χ0v) is 38.0. The summed E-state index contributed by atoms with van der Waals surface area (Å²) in [6, 6.07) is 80.8. The zero-order chi connectivity index (χ0) is 46.6. The van der Waals surface area contributed by atoms with Gasteiger partial charge in [0.15, 0.2) is 5.82 Å². The molecule has 0 fully saturated rings. The highest BCUT2D eigenvalue weighted by Gasteiger charge is 2.22. The van der Waals surface area contributed by atoms with Crippen LogP contribution in [-0.4, -0.2) is 19.5 Å². The van der Waals surface area contributed by atoms with Crippen molar-refractivity contribution in [1.29, 1.82) is 0 Å². The predicted molar refractivity (Wildman–Crippen MR) is 291 cm³/mol. The normalized spacial score (nSPS) is 11.9. The number of fused-ring (bicyclic) bond motifs is 13. The van der Waals surface area contributed by atoms with Crippen molar-refractivity contribution in [3.8, 4) is 62.0 Å². The molecule has 71 heavy (non-hydrogen) atoms.